The van der Waals surface area contributed by atoms with Crippen molar-refractivity contribution in [1.29, 1.82) is 0 Å². The van der Waals surface area contributed by atoms with E-state index in [9.17, 15) is 0 Å². The molecule has 0 aromatic heterocycles. The summed E-state index contributed by atoms with van der Waals surface area (Å²) in [5.41, 5.74) is 4.04. The Kier molecular flexibility index (Phi) is 6.69. The molecule has 0 saturated carbocycles. The molecule has 0 aliphatic carbocycles. The quantitative estimate of drug-likeness (QED) is 0.712. The first-order valence-electron chi connectivity index (χ1n) is 7.49. The average molecular weight is 259 g/mol. The number of hydrogen-bond donors (Lipinski definition) is 1. The molecule has 0 atom stereocenters. The molecule has 1 rings (SSSR count). The average Bonchev–Trinajstić information content (AvgIpc) is 2.29. The summed E-state index contributed by atoms with van der Waals surface area (Å²) in [5, 5.41) is 3.37. The molecule has 1 N–H and O–H groups in total. The van der Waals surface area contributed by atoms with Gasteiger partial charge in [-0.25, -0.2) is 0 Å². The number of hydrogen-bond acceptors (Lipinski definition) is 1. The second-order valence-electron chi connectivity index (χ2n) is 6.17. The zero-order valence-corrected chi connectivity index (χ0v) is 13.0. The third kappa shape index (κ3) is 7.05. The fourth-order valence-corrected chi connectivity index (χ4v) is 2.30. The first kappa shape index (κ1) is 15.8. The van der Waals surface area contributed by atoms with Crippen molar-refractivity contribution in [3.63, 3.8) is 0 Å². The van der Waals surface area contributed by atoms with Crippen molar-refractivity contribution in [2.45, 2.75) is 59.4 Å². The lowest BCUT2D eigenvalue weighted by Gasteiger charge is -2.12. The zero-order valence-electron chi connectivity index (χ0n) is 13.0. The van der Waals surface area contributed by atoms with Gasteiger partial charge < -0.3 is 5.32 Å². The van der Waals surface area contributed by atoms with E-state index in [0.29, 0.717) is 6.04 Å². The van der Waals surface area contributed by atoms with Crippen LogP contribution in [0.2, 0.25) is 0 Å². The van der Waals surface area contributed by atoms with Crippen molar-refractivity contribution in [3.8, 4) is 0 Å². The van der Waals surface area contributed by atoms with Gasteiger partial charge in [-0.3, -0.25) is 0 Å². The fraction of sp³-hybridized carbons (Fsp3) is 0.556. The van der Waals surface area contributed by atoms with E-state index in [1.54, 1.807) is 0 Å². The van der Waals surface area contributed by atoms with Gasteiger partial charge in [0.25, 0.3) is 0 Å². The smallest absolute Gasteiger partial charge is 0.0201 e. The Bertz CT molecular complexity index is 373. The minimum Gasteiger partial charge on any atom is -0.387 e. The number of aryl methyl sites for hydroxylation is 1. The summed E-state index contributed by atoms with van der Waals surface area (Å²) in [6, 6.07) is 9.59. The summed E-state index contributed by atoms with van der Waals surface area (Å²) in [7, 11) is 0. The lowest BCUT2D eigenvalue weighted by molar-refractivity contribution is 0.630. The molecule has 0 bridgehead atoms. The lowest BCUT2D eigenvalue weighted by Crippen LogP contribution is -2.21. The van der Waals surface area contributed by atoms with E-state index >= 15 is 0 Å². The minimum absolute atomic E-state index is 0.489. The molecule has 0 saturated heterocycles. The molecule has 0 amide bonds. The summed E-state index contributed by atoms with van der Waals surface area (Å²) in [5.74, 6) is 0.733. The van der Waals surface area contributed by atoms with Crippen LogP contribution in [0.3, 0.4) is 0 Å². The van der Waals surface area contributed by atoms with Gasteiger partial charge in [0.2, 0.25) is 0 Å². The Labute approximate surface area is 119 Å². The molecule has 1 heteroatoms. The van der Waals surface area contributed by atoms with Gasteiger partial charge in [0.05, 0.1) is 0 Å². The Morgan fingerprint density at radius 2 is 1.63 bits per heavy atom. The molecule has 19 heavy (non-hydrogen) atoms. The highest BCUT2D eigenvalue weighted by molar-refractivity contribution is 5.23. The summed E-state index contributed by atoms with van der Waals surface area (Å²) >= 11 is 0. The topological polar surface area (TPSA) is 12.0 Å². The minimum atomic E-state index is 0.489. The monoisotopic (exact) mass is 259 g/mol. The van der Waals surface area contributed by atoms with Crippen molar-refractivity contribution < 1.29 is 0 Å². The predicted octanol–water partition coefficient (Wildman–Crippen LogP) is 4.72. The van der Waals surface area contributed by atoms with E-state index in [2.05, 4.69) is 63.9 Å². The first-order valence-corrected chi connectivity index (χ1v) is 7.49. The van der Waals surface area contributed by atoms with Crippen LogP contribution in [0.4, 0.5) is 0 Å². The number of nitrogens with one attached hydrogen (secondary N) is 1. The van der Waals surface area contributed by atoms with Gasteiger partial charge in [-0.2, -0.15) is 0 Å². The standard InChI is InChI=1S/C18H29N/c1-14(2)13-18-11-9-17(10-12-18)8-6-7-16(5)19-15(3)4/h9-12,14-15,19H,5-8,13H2,1-4H3. The highest BCUT2D eigenvalue weighted by Gasteiger charge is 2.00. The molecule has 0 radical (unpaired) electrons. The van der Waals surface area contributed by atoms with E-state index < -0.39 is 0 Å². The molecule has 106 valence electrons. The number of rotatable bonds is 8. The van der Waals surface area contributed by atoms with Gasteiger partial charge in [-0.1, -0.05) is 44.7 Å². The van der Waals surface area contributed by atoms with E-state index in [1.165, 1.54) is 24.0 Å². The van der Waals surface area contributed by atoms with Gasteiger partial charge in [0.15, 0.2) is 0 Å². The molecule has 0 aliphatic heterocycles. The van der Waals surface area contributed by atoms with E-state index in [1.807, 2.05) is 0 Å². The molecule has 0 heterocycles. The van der Waals surface area contributed by atoms with Crippen LogP contribution in [0.15, 0.2) is 36.5 Å². The van der Waals surface area contributed by atoms with E-state index in [4.69, 9.17) is 0 Å². The second kappa shape index (κ2) is 8.04. The summed E-state index contributed by atoms with van der Waals surface area (Å²) in [6.45, 7) is 12.9. The third-order valence-electron chi connectivity index (χ3n) is 3.10. The largest absolute Gasteiger partial charge is 0.387 e. The SMILES string of the molecule is C=C(CCCc1ccc(CC(C)C)cc1)NC(C)C. The van der Waals surface area contributed by atoms with Crippen LogP contribution in [-0.2, 0) is 12.8 Å². The fourth-order valence-electron chi connectivity index (χ4n) is 2.30. The van der Waals surface area contributed by atoms with Crippen molar-refractivity contribution in [2.75, 3.05) is 0 Å². The maximum Gasteiger partial charge on any atom is 0.0201 e. The van der Waals surface area contributed by atoms with Crippen LogP contribution in [-0.4, -0.2) is 6.04 Å². The van der Waals surface area contributed by atoms with Gasteiger partial charge >= 0.3 is 0 Å². The van der Waals surface area contributed by atoms with Crippen LogP contribution in [0.5, 0.6) is 0 Å². The van der Waals surface area contributed by atoms with Crippen molar-refractivity contribution in [3.05, 3.63) is 47.7 Å². The molecule has 0 spiro atoms. The summed E-state index contributed by atoms with van der Waals surface area (Å²) in [6.07, 6.45) is 4.55. The van der Waals surface area contributed by atoms with E-state index in [0.717, 1.165) is 24.5 Å². The molecule has 0 aliphatic rings. The van der Waals surface area contributed by atoms with E-state index in [-0.39, 0.29) is 0 Å². The molecular formula is C18H29N. The molecule has 0 fully saturated rings. The molecular weight excluding hydrogens is 230 g/mol. The number of allylic oxidation sites excluding steroid dienone is 1. The highest BCUT2D eigenvalue weighted by atomic mass is 14.9. The predicted molar refractivity (Wildman–Crippen MR) is 85.3 cm³/mol. The normalized spacial score (nSPS) is 11.1. The summed E-state index contributed by atoms with van der Waals surface area (Å²) in [4.78, 5) is 0. The van der Waals surface area contributed by atoms with Crippen molar-refractivity contribution >= 4 is 0 Å². The zero-order chi connectivity index (χ0) is 14.3. The second-order valence-corrected chi connectivity index (χ2v) is 6.17. The van der Waals surface area contributed by atoms with Gasteiger partial charge in [0.1, 0.15) is 0 Å². The Morgan fingerprint density at radius 1 is 1.05 bits per heavy atom. The van der Waals surface area contributed by atoms with Gasteiger partial charge in [0, 0.05) is 11.7 Å². The van der Waals surface area contributed by atoms with Gasteiger partial charge in [-0.15, -0.1) is 0 Å². The molecule has 1 nitrogen and oxygen atoms in total. The Hall–Kier alpha value is -1.24. The lowest BCUT2D eigenvalue weighted by atomic mass is 10.00. The van der Waals surface area contributed by atoms with Crippen molar-refractivity contribution in [1.82, 2.24) is 5.32 Å². The van der Waals surface area contributed by atoms with Crippen LogP contribution >= 0.6 is 0 Å². The first-order chi connectivity index (χ1) is 8.97. The third-order valence-corrected chi connectivity index (χ3v) is 3.10. The van der Waals surface area contributed by atoms with Gasteiger partial charge in [-0.05, 0) is 56.6 Å². The molecule has 0 unspecified atom stereocenters. The van der Waals surface area contributed by atoms with Crippen LogP contribution in [0.1, 0.15) is 51.7 Å². The maximum absolute atomic E-state index is 4.06. The van der Waals surface area contributed by atoms with Crippen molar-refractivity contribution in [2.24, 2.45) is 5.92 Å². The molecule has 1 aromatic carbocycles. The van der Waals surface area contributed by atoms with Crippen LogP contribution < -0.4 is 5.32 Å². The molecule has 1 aromatic rings. The highest BCUT2D eigenvalue weighted by Crippen LogP contribution is 2.12. The maximum atomic E-state index is 4.06. The number of benzene rings is 1. The Morgan fingerprint density at radius 3 is 2.16 bits per heavy atom. The summed E-state index contributed by atoms with van der Waals surface area (Å²) < 4.78 is 0. The Balaban J connectivity index is 2.32. The van der Waals surface area contributed by atoms with Crippen LogP contribution in [0, 0.1) is 5.92 Å². The van der Waals surface area contributed by atoms with Crippen LogP contribution in [0.25, 0.3) is 0 Å².